The number of hydrogen-bond donors (Lipinski definition) is 0. The Kier molecular flexibility index (Phi) is 5.31. The van der Waals surface area contributed by atoms with Crippen molar-refractivity contribution in [3.8, 4) is 0 Å². The minimum atomic E-state index is 0.235. The van der Waals surface area contributed by atoms with E-state index in [0.717, 1.165) is 0 Å². The molecule has 0 aliphatic carbocycles. The number of thiophene rings is 1. The molecule has 0 amide bonds. The molecule has 0 radical (unpaired) electrons. The number of aryl methyl sites for hydroxylation is 1. The van der Waals surface area contributed by atoms with Crippen molar-refractivity contribution in [1.29, 1.82) is 0 Å². The van der Waals surface area contributed by atoms with Crippen LogP contribution in [-0.4, -0.2) is 0 Å². The Balaban J connectivity index is 3.28. The van der Waals surface area contributed by atoms with Gasteiger partial charge >= 0.3 is 0 Å². The molecule has 1 heteroatoms. The fourth-order valence-corrected chi connectivity index (χ4v) is 3.35. The minimum absolute atomic E-state index is 0.235. The molecule has 1 aromatic heterocycles. The molecule has 118 valence electrons. The second-order valence-corrected chi connectivity index (χ2v) is 9.31. The molecule has 0 N–H and O–H groups in total. The van der Waals surface area contributed by atoms with Crippen molar-refractivity contribution >= 4 is 16.9 Å². The van der Waals surface area contributed by atoms with Gasteiger partial charge in [-0.25, -0.2) is 0 Å². The smallest absolute Gasteiger partial charge is 0.0334 e. The predicted molar refractivity (Wildman–Crippen MR) is 99.2 cm³/mol. The van der Waals surface area contributed by atoms with E-state index in [1.165, 1.54) is 32.0 Å². The van der Waals surface area contributed by atoms with E-state index < -0.39 is 0 Å². The zero-order valence-electron chi connectivity index (χ0n) is 15.6. The second kappa shape index (κ2) is 6.12. The third-order valence-electron chi connectivity index (χ3n) is 4.21. The first-order valence-electron chi connectivity index (χ1n) is 7.81. The van der Waals surface area contributed by atoms with Gasteiger partial charge in [0.25, 0.3) is 0 Å². The maximum absolute atomic E-state index is 2.36. The van der Waals surface area contributed by atoms with Crippen molar-refractivity contribution in [3.05, 3.63) is 38.6 Å². The highest BCUT2D eigenvalue weighted by Crippen LogP contribution is 2.37. The summed E-state index contributed by atoms with van der Waals surface area (Å²) in [5.41, 5.74) is 6.11. The van der Waals surface area contributed by atoms with Crippen molar-refractivity contribution in [3.63, 3.8) is 0 Å². The predicted octanol–water partition coefficient (Wildman–Crippen LogP) is 7.14. The van der Waals surface area contributed by atoms with Crippen molar-refractivity contribution < 1.29 is 0 Å². The largest absolute Gasteiger partial charge is 0.140 e. The van der Waals surface area contributed by atoms with Gasteiger partial charge in [0.1, 0.15) is 0 Å². The lowest BCUT2D eigenvalue weighted by Gasteiger charge is -2.20. The van der Waals surface area contributed by atoms with E-state index in [1.54, 1.807) is 0 Å². The van der Waals surface area contributed by atoms with Gasteiger partial charge in [-0.1, -0.05) is 53.2 Å². The Morgan fingerprint density at radius 1 is 1.00 bits per heavy atom. The molecule has 0 aromatic carbocycles. The van der Waals surface area contributed by atoms with Crippen LogP contribution in [0.25, 0.3) is 5.57 Å². The number of allylic oxidation sites excluding steroid dienone is 4. The molecule has 0 bridgehead atoms. The molecule has 0 spiro atoms. The van der Waals surface area contributed by atoms with Crippen molar-refractivity contribution in [1.82, 2.24) is 0 Å². The third-order valence-corrected chi connectivity index (χ3v) is 5.99. The first-order valence-corrected chi connectivity index (χ1v) is 8.63. The van der Waals surface area contributed by atoms with Crippen LogP contribution >= 0.6 is 11.3 Å². The highest BCUT2D eigenvalue weighted by atomic mass is 32.1. The minimum Gasteiger partial charge on any atom is -0.140 e. The standard InChI is InChI=1S/C20H32S/c1-13(11-15(3)19(5,6)7)16(4)18-14(2)12-17(21-18)20(8,9)10/h11-12H,1-10H3/b15-11+,16-13+. The molecule has 1 rings (SSSR count). The molecular weight excluding hydrogens is 272 g/mol. The van der Waals surface area contributed by atoms with Crippen LogP contribution < -0.4 is 0 Å². The molecule has 0 unspecified atom stereocenters. The van der Waals surface area contributed by atoms with Crippen LogP contribution in [-0.2, 0) is 5.41 Å². The fourth-order valence-electron chi connectivity index (χ4n) is 2.05. The molecule has 1 heterocycles. The van der Waals surface area contributed by atoms with E-state index in [-0.39, 0.29) is 10.8 Å². The van der Waals surface area contributed by atoms with Crippen LogP contribution in [0.3, 0.4) is 0 Å². The Hall–Kier alpha value is -0.820. The normalized spacial score (nSPS) is 15.2. The summed E-state index contributed by atoms with van der Waals surface area (Å²) in [6.45, 7) is 22.7. The molecule has 0 aliphatic rings. The van der Waals surface area contributed by atoms with Crippen LogP contribution in [0.4, 0.5) is 0 Å². The molecular formula is C20H32S. The molecule has 0 aliphatic heterocycles. The maximum atomic E-state index is 2.36. The van der Waals surface area contributed by atoms with Gasteiger partial charge in [-0.05, 0) is 61.3 Å². The molecule has 0 atom stereocenters. The summed E-state index contributed by atoms with van der Waals surface area (Å²) in [5.74, 6) is 0. The van der Waals surface area contributed by atoms with Gasteiger partial charge < -0.3 is 0 Å². The van der Waals surface area contributed by atoms with E-state index in [0.29, 0.717) is 0 Å². The fraction of sp³-hybridized carbons (Fsp3) is 0.600. The SMILES string of the molecule is C/C(=C\C(C)=C(/C)c1sc(C(C)(C)C)cc1C)C(C)(C)C. The maximum Gasteiger partial charge on any atom is 0.0334 e. The Labute approximate surface area is 136 Å². The zero-order valence-corrected chi connectivity index (χ0v) is 16.4. The van der Waals surface area contributed by atoms with Gasteiger partial charge in [-0.3, -0.25) is 0 Å². The first-order chi connectivity index (χ1) is 9.34. The van der Waals surface area contributed by atoms with Crippen LogP contribution in [0.5, 0.6) is 0 Å². The Morgan fingerprint density at radius 2 is 1.52 bits per heavy atom. The van der Waals surface area contributed by atoms with Crippen LogP contribution in [0.15, 0.2) is 23.3 Å². The Morgan fingerprint density at radius 3 is 1.90 bits per heavy atom. The third kappa shape index (κ3) is 4.57. The molecule has 0 saturated carbocycles. The highest BCUT2D eigenvalue weighted by Gasteiger charge is 2.19. The van der Waals surface area contributed by atoms with Gasteiger partial charge in [-0.15, -0.1) is 11.3 Å². The van der Waals surface area contributed by atoms with Crippen LogP contribution in [0, 0.1) is 12.3 Å². The van der Waals surface area contributed by atoms with Gasteiger partial charge in [0.15, 0.2) is 0 Å². The molecule has 0 fully saturated rings. The summed E-state index contributed by atoms with van der Waals surface area (Å²) in [6, 6.07) is 2.36. The lowest BCUT2D eigenvalue weighted by molar-refractivity contribution is 0.503. The molecule has 21 heavy (non-hydrogen) atoms. The summed E-state index contributed by atoms with van der Waals surface area (Å²) < 4.78 is 0. The summed E-state index contributed by atoms with van der Waals surface area (Å²) >= 11 is 1.95. The quantitative estimate of drug-likeness (QED) is 0.509. The van der Waals surface area contributed by atoms with Gasteiger partial charge in [0.05, 0.1) is 0 Å². The Bertz CT molecular complexity index is 566. The molecule has 0 nitrogen and oxygen atoms in total. The van der Waals surface area contributed by atoms with Crippen molar-refractivity contribution in [2.75, 3.05) is 0 Å². The zero-order chi connectivity index (χ0) is 16.6. The van der Waals surface area contributed by atoms with Crippen molar-refractivity contribution in [2.45, 2.75) is 74.7 Å². The lowest BCUT2D eigenvalue weighted by Crippen LogP contribution is -2.07. The molecule has 1 aromatic rings. The number of hydrogen-bond acceptors (Lipinski definition) is 1. The van der Waals surface area contributed by atoms with E-state index >= 15 is 0 Å². The van der Waals surface area contributed by atoms with Crippen LogP contribution in [0.2, 0.25) is 0 Å². The second-order valence-electron chi connectivity index (χ2n) is 8.26. The van der Waals surface area contributed by atoms with Crippen LogP contribution in [0.1, 0.15) is 77.6 Å². The molecule has 0 saturated heterocycles. The first kappa shape index (κ1) is 18.2. The van der Waals surface area contributed by atoms with Gasteiger partial charge in [0.2, 0.25) is 0 Å². The summed E-state index contributed by atoms with van der Waals surface area (Å²) in [7, 11) is 0. The van der Waals surface area contributed by atoms with E-state index in [9.17, 15) is 0 Å². The van der Waals surface area contributed by atoms with Gasteiger partial charge in [0, 0.05) is 9.75 Å². The monoisotopic (exact) mass is 304 g/mol. The van der Waals surface area contributed by atoms with Gasteiger partial charge in [-0.2, -0.15) is 0 Å². The summed E-state index contributed by atoms with van der Waals surface area (Å²) in [5, 5.41) is 0. The van der Waals surface area contributed by atoms with E-state index in [1.807, 2.05) is 11.3 Å². The topological polar surface area (TPSA) is 0 Å². The van der Waals surface area contributed by atoms with E-state index in [4.69, 9.17) is 0 Å². The summed E-state index contributed by atoms with van der Waals surface area (Å²) in [6.07, 6.45) is 2.35. The average molecular weight is 305 g/mol. The highest BCUT2D eigenvalue weighted by molar-refractivity contribution is 7.13. The van der Waals surface area contributed by atoms with E-state index in [2.05, 4.69) is 81.4 Å². The summed E-state index contributed by atoms with van der Waals surface area (Å²) in [4.78, 5) is 2.91. The van der Waals surface area contributed by atoms with Crippen molar-refractivity contribution in [2.24, 2.45) is 5.41 Å². The number of rotatable bonds is 2. The lowest BCUT2D eigenvalue weighted by atomic mass is 9.86. The average Bonchev–Trinajstić information content (AvgIpc) is 2.68.